The summed E-state index contributed by atoms with van der Waals surface area (Å²) in [4.78, 5) is 19.3. The van der Waals surface area contributed by atoms with E-state index in [1.165, 1.54) is 11.8 Å². The lowest BCUT2D eigenvalue weighted by Crippen LogP contribution is -2.19. The molecule has 2 aromatic carbocycles. The van der Waals surface area contributed by atoms with E-state index in [0.29, 0.717) is 15.1 Å². The Labute approximate surface area is 156 Å². The number of carbonyl (C=O) groups excluding carboxylic acids is 1. The van der Waals surface area contributed by atoms with Crippen molar-refractivity contribution in [2.45, 2.75) is 6.92 Å². The normalized spacial score (nSPS) is 17.2. The minimum Gasteiger partial charge on any atom is -0.378 e. The Morgan fingerprint density at radius 1 is 1.16 bits per heavy atom. The summed E-state index contributed by atoms with van der Waals surface area (Å²) in [6.45, 7) is 1.94. The van der Waals surface area contributed by atoms with Gasteiger partial charge in [0.15, 0.2) is 5.17 Å². The van der Waals surface area contributed by atoms with Gasteiger partial charge in [-0.3, -0.25) is 4.79 Å². The van der Waals surface area contributed by atoms with Crippen LogP contribution in [0.2, 0.25) is 5.02 Å². The van der Waals surface area contributed by atoms with Gasteiger partial charge in [-0.25, -0.2) is 4.99 Å². The Hall–Kier alpha value is -2.24. The molecule has 1 N–H and O–H groups in total. The Morgan fingerprint density at radius 3 is 2.52 bits per heavy atom. The lowest BCUT2D eigenvalue weighted by molar-refractivity contribution is -0.115. The summed E-state index contributed by atoms with van der Waals surface area (Å²) < 4.78 is 0. The number of aliphatic imine (C=N–C) groups is 1. The number of halogens is 1. The summed E-state index contributed by atoms with van der Waals surface area (Å²) in [5, 5.41) is 4.01. The Bertz CT molecular complexity index is 873. The van der Waals surface area contributed by atoms with Crippen molar-refractivity contribution in [2.75, 3.05) is 19.0 Å². The molecule has 1 saturated heterocycles. The van der Waals surface area contributed by atoms with Crippen LogP contribution in [0.4, 0.5) is 11.4 Å². The summed E-state index contributed by atoms with van der Waals surface area (Å²) in [5.41, 5.74) is 3.80. The number of benzene rings is 2. The molecule has 0 unspecified atom stereocenters. The van der Waals surface area contributed by atoms with Crippen molar-refractivity contribution in [3.8, 4) is 0 Å². The van der Waals surface area contributed by atoms with Gasteiger partial charge in [-0.2, -0.15) is 0 Å². The zero-order chi connectivity index (χ0) is 18.0. The van der Waals surface area contributed by atoms with Crippen LogP contribution in [0.1, 0.15) is 11.1 Å². The number of carbonyl (C=O) groups is 1. The third-order valence-corrected chi connectivity index (χ3v) is 5.06. The predicted molar refractivity (Wildman–Crippen MR) is 108 cm³/mol. The molecule has 6 heteroatoms. The molecule has 128 valence electrons. The number of nitrogens with one attached hydrogen (secondary N) is 1. The quantitative estimate of drug-likeness (QED) is 0.801. The van der Waals surface area contributed by atoms with E-state index in [0.717, 1.165) is 22.5 Å². The first-order chi connectivity index (χ1) is 11.9. The fourth-order valence-corrected chi connectivity index (χ4v) is 3.29. The van der Waals surface area contributed by atoms with Crippen molar-refractivity contribution in [1.29, 1.82) is 0 Å². The Morgan fingerprint density at radius 2 is 1.88 bits per heavy atom. The Kier molecular flexibility index (Phi) is 5.16. The van der Waals surface area contributed by atoms with Gasteiger partial charge in [0.25, 0.3) is 5.91 Å². The molecule has 0 bridgehead atoms. The number of hydrogen-bond acceptors (Lipinski definition) is 4. The summed E-state index contributed by atoms with van der Waals surface area (Å²) in [6, 6.07) is 13.6. The van der Waals surface area contributed by atoms with E-state index in [2.05, 4.69) is 10.3 Å². The summed E-state index contributed by atoms with van der Waals surface area (Å²) in [6.07, 6.45) is 1.87. The van der Waals surface area contributed by atoms with Gasteiger partial charge in [0.05, 0.1) is 10.6 Å². The summed E-state index contributed by atoms with van der Waals surface area (Å²) in [7, 11) is 3.99. The molecule has 1 aliphatic rings. The minimum absolute atomic E-state index is 0.140. The Balaban J connectivity index is 1.79. The molecule has 25 heavy (non-hydrogen) atoms. The van der Waals surface area contributed by atoms with Crippen LogP contribution in [0.25, 0.3) is 6.08 Å². The highest BCUT2D eigenvalue weighted by Crippen LogP contribution is 2.29. The van der Waals surface area contributed by atoms with Crippen molar-refractivity contribution < 1.29 is 4.79 Å². The largest absolute Gasteiger partial charge is 0.378 e. The second-order valence-electron chi connectivity index (χ2n) is 5.90. The molecular formula is C19H18ClN3OS. The molecule has 0 saturated carbocycles. The van der Waals surface area contributed by atoms with Crippen molar-refractivity contribution in [1.82, 2.24) is 5.32 Å². The first kappa shape index (κ1) is 17.6. The third-order valence-electron chi connectivity index (χ3n) is 3.74. The lowest BCUT2D eigenvalue weighted by atomic mass is 10.2. The molecule has 1 heterocycles. The highest BCUT2D eigenvalue weighted by Gasteiger charge is 2.23. The number of hydrogen-bond donors (Lipinski definition) is 1. The van der Waals surface area contributed by atoms with Gasteiger partial charge >= 0.3 is 0 Å². The zero-order valence-corrected chi connectivity index (χ0v) is 15.8. The number of amides is 1. The summed E-state index contributed by atoms with van der Waals surface area (Å²) >= 11 is 7.45. The van der Waals surface area contributed by atoms with Gasteiger partial charge in [0.2, 0.25) is 0 Å². The van der Waals surface area contributed by atoms with E-state index in [1.54, 1.807) is 6.07 Å². The topological polar surface area (TPSA) is 44.7 Å². The molecule has 1 aliphatic heterocycles. The standard InChI is InChI=1S/C19H18ClN3OS/c1-12-4-7-14(11-16(12)20)21-19-22-18(24)17(25-19)10-13-5-8-15(9-6-13)23(2)3/h4-11H,1-3H3,(H,21,22,24)/b17-10-. The number of thioether (sulfide) groups is 1. The molecule has 0 aromatic heterocycles. The SMILES string of the molecule is Cc1ccc(N=C2NC(=O)/C(=C/c3ccc(N(C)C)cc3)S2)cc1Cl. The molecule has 0 radical (unpaired) electrons. The molecule has 0 atom stereocenters. The molecule has 3 rings (SSSR count). The van der Waals surface area contributed by atoms with E-state index >= 15 is 0 Å². The minimum atomic E-state index is -0.140. The number of amidine groups is 1. The van der Waals surface area contributed by atoms with Crippen LogP contribution in [0.3, 0.4) is 0 Å². The molecule has 0 aliphatic carbocycles. The molecular weight excluding hydrogens is 354 g/mol. The monoisotopic (exact) mass is 371 g/mol. The van der Waals surface area contributed by atoms with Crippen LogP contribution in [-0.2, 0) is 4.79 Å². The van der Waals surface area contributed by atoms with E-state index in [1.807, 2.05) is 68.4 Å². The maximum atomic E-state index is 12.2. The second-order valence-corrected chi connectivity index (χ2v) is 7.34. The summed E-state index contributed by atoms with van der Waals surface area (Å²) in [5.74, 6) is -0.140. The lowest BCUT2D eigenvalue weighted by Gasteiger charge is -2.11. The molecule has 1 fully saturated rings. The van der Waals surface area contributed by atoms with Gasteiger partial charge in [0, 0.05) is 24.8 Å². The average Bonchev–Trinajstić information content (AvgIpc) is 2.91. The zero-order valence-electron chi connectivity index (χ0n) is 14.2. The third kappa shape index (κ3) is 4.24. The first-order valence-corrected chi connectivity index (χ1v) is 8.95. The fourth-order valence-electron chi connectivity index (χ4n) is 2.27. The second kappa shape index (κ2) is 7.33. The van der Waals surface area contributed by atoms with Crippen molar-refractivity contribution in [3.63, 3.8) is 0 Å². The van der Waals surface area contributed by atoms with Crippen LogP contribution >= 0.6 is 23.4 Å². The van der Waals surface area contributed by atoms with Crippen molar-refractivity contribution in [2.24, 2.45) is 4.99 Å². The maximum absolute atomic E-state index is 12.2. The van der Waals surface area contributed by atoms with Crippen LogP contribution in [0.5, 0.6) is 0 Å². The maximum Gasteiger partial charge on any atom is 0.264 e. The van der Waals surface area contributed by atoms with Crippen molar-refractivity contribution >= 4 is 51.9 Å². The highest BCUT2D eigenvalue weighted by molar-refractivity contribution is 8.18. The van der Waals surface area contributed by atoms with Crippen LogP contribution in [0.15, 0.2) is 52.4 Å². The van der Waals surface area contributed by atoms with Crippen LogP contribution < -0.4 is 10.2 Å². The smallest absolute Gasteiger partial charge is 0.264 e. The van der Waals surface area contributed by atoms with Gasteiger partial charge in [0.1, 0.15) is 0 Å². The van der Waals surface area contributed by atoms with E-state index in [-0.39, 0.29) is 5.91 Å². The van der Waals surface area contributed by atoms with Crippen LogP contribution in [0, 0.1) is 6.92 Å². The highest BCUT2D eigenvalue weighted by atomic mass is 35.5. The van der Waals surface area contributed by atoms with E-state index in [4.69, 9.17) is 11.6 Å². The van der Waals surface area contributed by atoms with E-state index in [9.17, 15) is 4.79 Å². The number of aryl methyl sites for hydroxylation is 1. The predicted octanol–water partition coefficient (Wildman–Crippen LogP) is 4.61. The molecule has 4 nitrogen and oxygen atoms in total. The van der Waals surface area contributed by atoms with Crippen molar-refractivity contribution in [3.05, 3.63) is 63.5 Å². The first-order valence-electron chi connectivity index (χ1n) is 7.75. The van der Waals surface area contributed by atoms with Gasteiger partial charge in [-0.15, -0.1) is 0 Å². The van der Waals surface area contributed by atoms with Gasteiger partial charge < -0.3 is 10.2 Å². The fraction of sp³-hybridized carbons (Fsp3) is 0.158. The molecule has 2 aromatic rings. The molecule has 0 spiro atoms. The number of nitrogens with zero attached hydrogens (tertiary/aromatic N) is 2. The number of rotatable bonds is 3. The van der Waals surface area contributed by atoms with Gasteiger partial charge in [-0.1, -0.05) is 29.8 Å². The average molecular weight is 372 g/mol. The number of anilines is 1. The van der Waals surface area contributed by atoms with E-state index < -0.39 is 0 Å². The van der Waals surface area contributed by atoms with Gasteiger partial charge in [-0.05, 0) is 60.2 Å². The van der Waals surface area contributed by atoms with Crippen LogP contribution in [-0.4, -0.2) is 25.2 Å². The molecule has 1 amide bonds.